The molecule has 4 aromatic rings. The quantitative estimate of drug-likeness (QED) is 0.443. The molecule has 1 atom stereocenters. The molecular formula is C19H18FeN2O-6. The van der Waals surface area contributed by atoms with Crippen molar-refractivity contribution in [2.45, 2.75) is 6.10 Å². The standard InChI is InChI=1S/C14H13N2O.C5H5.Fe/c1-16-12-9-5-4-8-11(12)15-14(16)13(17)10-6-2-3-7-10;1-2-4-5-3-1;/h2-9,13,17H,1H3;1-5H;/q-5;-1;. The first-order valence-corrected chi connectivity index (χ1v) is 7.25. The van der Waals surface area contributed by atoms with Gasteiger partial charge in [0.05, 0.1) is 11.0 Å². The van der Waals surface area contributed by atoms with Crippen molar-refractivity contribution in [3.8, 4) is 0 Å². The van der Waals surface area contributed by atoms with E-state index in [2.05, 4.69) is 4.98 Å². The zero-order valence-electron chi connectivity index (χ0n) is 12.8. The number of nitrogens with zero attached hydrogens (tertiary/aromatic N) is 2. The van der Waals surface area contributed by atoms with Crippen LogP contribution in [0.2, 0.25) is 0 Å². The van der Waals surface area contributed by atoms with E-state index in [1.54, 1.807) is 0 Å². The molecule has 1 unspecified atom stereocenters. The van der Waals surface area contributed by atoms with Gasteiger partial charge in [0.2, 0.25) is 0 Å². The van der Waals surface area contributed by atoms with Crippen LogP contribution < -0.4 is 0 Å². The van der Waals surface area contributed by atoms with Gasteiger partial charge in [-0.3, -0.25) is 0 Å². The van der Waals surface area contributed by atoms with Crippen LogP contribution in [0.4, 0.5) is 0 Å². The Morgan fingerprint density at radius 1 is 1.09 bits per heavy atom. The summed E-state index contributed by atoms with van der Waals surface area (Å²) < 4.78 is 1.94. The van der Waals surface area contributed by atoms with Crippen LogP contribution in [-0.4, -0.2) is 14.7 Å². The Morgan fingerprint density at radius 3 is 2.30 bits per heavy atom. The molecule has 0 aliphatic carbocycles. The average molecular weight is 346 g/mol. The zero-order chi connectivity index (χ0) is 15.4. The Kier molecular flexibility index (Phi) is 5.94. The van der Waals surface area contributed by atoms with Crippen LogP contribution in [0.15, 0.2) is 78.9 Å². The van der Waals surface area contributed by atoms with Gasteiger partial charge in [-0.05, 0) is 18.2 Å². The molecule has 0 radical (unpaired) electrons. The fraction of sp³-hybridized carbons (Fsp3) is 0.105. The Labute approximate surface area is 146 Å². The minimum absolute atomic E-state index is 0. The number of aromatic nitrogens is 2. The van der Waals surface area contributed by atoms with E-state index in [1.807, 2.05) is 90.5 Å². The molecule has 3 nitrogen and oxygen atoms in total. The topological polar surface area (TPSA) is 38.0 Å². The van der Waals surface area contributed by atoms with E-state index in [1.165, 1.54) is 0 Å². The molecule has 0 aliphatic heterocycles. The first-order valence-electron chi connectivity index (χ1n) is 7.25. The number of fused-ring (bicyclic) bond motifs is 1. The second kappa shape index (κ2) is 7.93. The van der Waals surface area contributed by atoms with Crippen LogP contribution in [0.25, 0.3) is 11.0 Å². The number of hydrogen-bond acceptors (Lipinski definition) is 2. The third-order valence-corrected chi connectivity index (χ3v) is 3.63. The van der Waals surface area contributed by atoms with Crippen molar-refractivity contribution in [3.63, 3.8) is 0 Å². The molecule has 4 heteroatoms. The van der Waals surface area contributed by atoms with E-state index in [-0.39, 0.29) is 17.1 Å². The largest absolute Gasteiger partial charge is 0.747 e. The van der Waals surface area contributed by atoms with Gasteiger partial charge in [0.25, 0.3) is 0 Å². The van der Waals surface area contributed by atoms with Gasteiger partial charge in [0.1, 0.15) is 5.82 Å². The summed E-state index contributed by atoms with van der Waals surface area (Å²) in [7, 11) is 1.93. The number of benzene rings is 1. The third kappa shape index (κ3) is 3.80. The fourth-order valence-corrected chi connectivity index (χ4v) is 2.45. The monoisotopic (exact) mass is 346 g/mol. The molecule has 3 aromatic carbocycles. The van der Waals surface area contributed by atoms with E-state index in [9.17, 15) is 5.11 Å². The average Bonchev–Trinajstić information content (AvgIpc) is 3.30. The van der Waals surface area contributed by atoms with Gasteiger partial charge >= 0.3 is 0 Å². The van der Waals surface area contributed by atoms with E-state index < -0.39 is 6.10 Å². The summed E-state index contributed by atoms with van der Waals surface area (Å²) in [4.78, 5) is 4.48. The normalized spacial score (nSPS) is 11.4. The van der Waals surface area contributed by atoms with Gasteiger partial charge in [-0.2, -0.15) is 18.2 Å². The number of hydrogen-bond donors (Lipinski definition) is 1. The number of aliphatic hydroxyl groups excluding tert-OH is 1. The zero-order valence-corrected chi connectivity index (χ0v) is 13.9. The molecule has 1 aromatic heterocycles. The van der Waals surface area contributed by atoms with Crippen LogP contribution in [-0.2, 0) is 24.1 Å². The summed E-state index contributed by atoms with van der Waals surface area (Å²) in [6.07, 6.45) is -0.664. The van der Waals surface area contributed by atoms with Crippen molar-refractivity contribution in [2.75, 3.05) is 0 Å². The number of aliphatic hydroxyl groups is 1. The summed E-state index contributed by atoms with van der Waals surface area (Å²) in [6, 6.07) is 25.5. The summed E-state index contributed by atoms with van der Waals surface area (Å²) in [5.74, 6) is 0.678. The minimum atomic E-state index is -0.664. The maximum atomic E-state index is 10.3. The predicted molar refractivity (Wildman–Crippen MR) is 88.8 cm³/mol. The molecular weight excluding hydrogens is 328 g/mol. The van der Waals surface area contributed by atoms with Crippen molar-refractivity contribution in [2.24, 2.45) is 7.05 Å². The molecule has 1 N–H and O–H groups in total. The number of imidazole rings is 1. The molecule has 0 saturated heterocycles. The van der Waals surface area contributed by atoms with Crippen LogP contribution in [0, 0.1) is 0 Å². The Morgan fingerprint density at radius 2 is 1.74 bits per heavy atom. The van der Waals surface area contributed by atoms with E-state index in [0.717, 1.165) is 16.6 Å². The van der Waals surface area contributed by atoms with Crippen LogP contribution in [0.1, 0.15) is 17.5 Å². The summed E-state index contributed by atoms with van der Waals surface area (Å²) >= 11 is 0. The van der Waals surface area contributed by atoms with Gasteiger partial charge in [-0.25, -0.2) is 17.1 Å². The van der Waals surface area contributed by atoms with Crippen molar-refractivity contribution in [1.82, 2.24) is 9.55 Å². The maximum Gasteiger partial charge on any atom is 0.105 e. The van der Waals surface area contributed by atoms with Gasteiger partial charge in [-0.1, -0.05) is 12.1 Å². The van der Waals surface area contributed by atoms with Crippen LogP contribution >= 0.6 is 0 Å². The molecule has 23 heavy (non-hydrogen) atoms. The second-order valence-electron chi connectivity index (χ2n) is 5.10. The third-order valence-electron chi connectivity index (χ3n) is 3.63. The number of aryl methyl sites for hydroxylation is 1. The molecule has 4 rings (SSSR count). The smallest absolute Gasteiger partial charge is 0.105 e. The molecule has 0 bridgehead atoms. The van der Waals surface area contributed by atoms with E-state index in [4.69, 9.17) is 0 Å². The molecule has 0 spiro atoms. The summed E-state index contributed by atoms with van der Waals surface area (Å²) in [6.45, 7) is 0. The first kappa shape index (κ1) is 17.2. The molecule has 0 saturated carbocycles. The molecule has 1 heterocycles. The Bertz CT molecular complexity index is 799. The predicted octanol–water partition coefficient (Wildman–Crippen LogP) is 3.78. The summed E-state index contributed by atoms with van der Waals surface area (Å²) in [5.41, 5.74) is 2.83. The van der Waals surface area contributed by atoms with E-state index in [0.29, 0.717) is 5.82 Å². The van der Waals surface area contributed by atoms with Crippen molar-refractivity contribution in [3.05, 3.63) is 90.3 Å². The Hall–Kier alpha value is -2.13. The molecule has 124 valence electrons. The number of para-hydroxylation sites is 2. The summed E-state index contributed by atoms with van der Waals surface area (Å²) in [5, 5.41) is 10.3. The molecule has 0 aliphatic rings. The van der Waals surface area contributed by atoms with Crippen LogP contribution in [0.5, 0.6) is 0 Å². The second-order valence-corrected chi connectivity index (χ2v) is 5.10. The van der Waals surface area contributed by atoms with Crippen molar-refractivity contribution >= 4 is 11.0 Å². The van der Waals surface area contributed by atoms with Gasteiger partial charge in [0, 0.05) is 24.1 Å². The maximum absolute atomic E-state index is 10.3. The SMILES string of the molecule is Cn1c(C(O)[c-]2[cH-][cH-][cH-][cH-]2)nc2ccccc21.[Fe].c1cc[cH-]c1. The fourth-order valence-electron chi connectivity index (χ4n) is 2.45. The molecule has 0 amide bonds. The Balaban J connectivity index is 0.000000276. The van der Waals surface area contributed by atoms with Gasteiger partial charge in [-0.15, -0.1) is 0 Å². The van der Waals surface area contributed by atoms with Crippen LogP contribution in [0.3, 0.4) is 0 Å². The first-order chi connectivity index (χ1) is 10.8. The van der Waals surface area contributed by atoms with Crippen molar-refractivity contribution in [1.29, 1.82) is 0 Å². The minimum Gasteiger partial charge on any atom is -0.747 e. The number of rotatable bonds is 2. The van der Waals surface area contributed by atoms with Crippen molar-refractivity contribution < 1.29 is 22.2 Å². The van der Waals surface area contributed by atoms with E-state index >= 15 is 0 Å². The van der Waals surface area contributed by atoms with Gasteiger partial charge in [0.15, 0.2) is 0 Å². The van der Waals surface area contributed by atoms with Gasteiger partial charge < -0.3 is 39.5 Å². The molecule has 0 fully saturated rings.